The van der Waals surface area contributed by atoms with E-state index in [0.717, 1.165) is 9.52 Å². The van der Waals surface area contributed by atoms with Gasteiger partial charge in [0.1, 0.15) is 0 Å². The van der Waals surface area contributed by atoms with Crippen LogP contribution in [0.5, 0.6) is 0 Å². The van der Waals surface area contributed by atoms with Crippen molar-refractivity contribution in [1.29, 1.82) is 0 Å². The van der Waals surface area contributed by atoms with E-state index in [4.69, 9.17) is 0 Å². The zero-order valence-electron chi connectivity index (χ0n) is 4.91. The third kappa shape index (κ3) is 6.65. The van der Waals surface area contributed by atoms with Gasteiger partial charge in [-0.2, -0.15) is 0 Å². The summed E-state index contributed by atoms with van der Waals surface area (Å²) in [6.45, 7) is 4.72. The summed E-state index contributed by atoms with van der Waals surface area (Å²) < 4.78 is 0. The van der Waals surface area contributed by atoms with Gasteiger partial charge in [-0.1, -0.05) is 24.4 Å². The lowest BCUT2D eigenvalue weighted by atomic mass is 11.8. The molecule has 0 bridgehead atoms. The molecule has 0 fully saturated rings. The van der Waals surface area contributed by atoms with E-state index in [0.29, 0.717) is 0 Å². The van der Waals surface area contributed by atoms with Crippen LogP contribution in [-0.4, -0.2) is 28.6 Å². The van der Waals surface area contributed by atoms with Crippen molar-refractivity contribution in [1.82, 2.24) is 0 Å². The van der Waals surface area contributed by atoms with Gasteiger partial charge >= 0.3 is 0 Å². The molecule has 0 heterocycles. The Kier molecular flexibility index (Phi) is 5.25. The maximum Gasteiger partial charge on any atom is 0.0380 e. The van der Waals surface area contributed by atoms with Crippen LogP contribution in [0.4, 0.5) is 0 Å². The Hall–Kier alpha value is 0.651. The van der Waals surface area contributed by atoms with Gasteiger partial charge < -0.3 is 0 Å². The summed E-state index contributed by atoms with van der Waals surface area (Å²) in [6.07, 6.45) is 0. The molecule has 7 heavy (non-hydrogen) atoms. The Morgan fingerprint density at radius 2 is 2.14 bits per heavy atom. The zero-order valence-corrected chi connectivity index (χ0v) is 7.91. The van der Waals surface area contributed by atoms with E-state index in [2.05, 4.69) is 23.3 Å². The quantitative estimate of drug-likeness (QED) is 0.515. The molecule has 0 aromatic rings. The van der Waals surface area contributed by atoms with Crippen molar-refractivity contribution in [2.45, 2.75) is 24.4 Å². The lowest BCUT2D eigenvalue weighted by molar-refractivity contribution is 1.76. The molecule has 0 aliphatic carbocycles. The molecular weight excluding hydrogens is 132 g/mol. The average molecular weight is 142 g/mol. The minimum absolute atomic E-state index is 0.0840. The summed E-state index contributed by atoms with van der Waals surface area (Å²) in [5.74, 6) is 0. The minimum Gasteiger partial charge on any atom is -0.0718 e. The first-order chi connectivity index (χ1) is 3.27. The van der Waals surface area contributed by atoms with E-state index < -0.39 is 0 Å². The molecule has 0 atom stereocenters. The van der Waals surface area contributed by atoms with Crippen LogP contribution in [-0.2, 0) is 0 Å². The molecule has 0 nitrogen and oxygen atoms in total. The van der Waals surface area contributed by atoms with E-state index in [9.17, 15) is 0 Å². The fraction of sp³-hybridized carbons (Fsp3) is 1.00. The highest BCUT2D eigenvalue weighted by Crippen LogP contribution is 1.87. The molecule has 6 radical (unpaired) electrons. The second-order valence-electron chi connectivity index (χ2n) is 1.81. The van der Waals surface area contributed by atoms with Crippen molar-refractivity contribution in [3.05, 3.63) is 0 Å². The molecule has 0 rings (SSSR count). The van der Waals surface area contributed by atoms with Crippen LogP contribution in [0.1, 0.15) is 0 Å². The molecule has 0 saturated carbocycles. The standard InChI is InChI=1S/C4H10Si3/c1-7(2)4-6-3-5/h3-4H2,1-2H3. The Balaban J connectivity index is 2.68. The second-order valence-corrected chi connectivity index (χ2v) is 7.55. The first-order valence-corrected chi connectivity index (χ1v) is 7.24. The summed E-state index contributed by atoms with van der Waals surface area (Å²) in [6, 6.07) is 0. The van der Waals surface area contributed by atoms with Crippen LogP contribution in [0.15, 0.2) is 0 Å². The van der Waals surface area contributed by atoms with E-state index >= 15 is 0 Å². The number of hydrogen-bond donors (Lipinski definition) is 0. The lowest BCUT2D eigenvalue weighted by Gasteiger charge is -1.95. The maximum absolute atomic E-state index is 3.45. The van der Waals surface area contributed by atoms with Crippen molar-refractivity contribution in [3.63, 3.8) is 0 Å². The lowest BCUT2D eigenvalue weighted by Crippen LogP contribution is -2.04. The molecule has 0 aromatic carbocycles. The maximum atomic E-state index is 3.45. The van der Waals surface area contributed by atoms with Crippen molar-refractivity contribution >= 4 is 28.6 Å². The zero-order chi connectivity index (χ0) is 5.70. The van der Waals surface area contributed by atoms with Gasteiger partial charge in [-0.15, -0.1) is 0 Å². The molecule has 0 unspecified atom stereocenters. The molecule has 0 saturated heterocycles. The Morgan fingerprint density at radius 1 is 1.57 bits per heavy atom. The molecular formula is C4H10Si3. The van der Waals surface area contributed by atoms with Crippen molar-refractivity contribution in [3.8, 4) is 0 Å². The second kappa shape index (κ2) is 4.80. The summed E-state index contributed by atoms with van der Waals surface area (Å²) in [5, 5.41) is 0. The third-order valence-corrected chi connectivity index (χ3v) is 5.43. The fourth-order valence-corrected chi connectivity index (χ4v) is 3.94. The van der Waals surface area contributed by atoms with Crippen molar-refractivity contribution in [2.24, 2.45) is 0 Å². The van der Waals surface area contributed by atoms with Gasteiger partial charge in [-0.05, 0) is 0 Å². The molecule has 3 heteroatoms. The normalized spacial score (nSPS) is 10.3. The van der Waals surface area contributed by atoms with E-state index in [1.54, 1.807) is 0 Å². The highest BCUT2D eigenvalue weighted by molar-refractivity contribution is 6.69. The van der Waals surface area contributed by atoms with Gasteiger partial charge in [0, 0.05) is 28.6 Å². The highest BCUT2D eigenvalue weighted by atomic mass is 28.3. The monoisotopic (exact) mass is 142 g/mol. The molecule has 0 N–H and O–H groups in total. The summed E-state index contributed by atoms with van der Waals surface area (Å²) in [4.78, 5) is 0. The van der Waals surface area contributed by atoms with Crippen LogP contribution in [0.2, 0.25) is 24.4 Å². The Bertz CT molecular complexity index is 35.9. The summed E-state index contributed by atoms with van der Waals surface area (Å²) in [7, 11) is 4.69. The van der Waals surface area contributed by atoms with Gasteiger partial charge in [0.15, 0.2) is 0 Å². The van der Waals surface area contributed by atoms with Gasteiger partial charge in [0.05, 0.1) is 0 Å². The largest absolute Gasteiger partial charge is 0.0718 e. The van der Waals surface area contributed by atoms with Gasteiger partial charge in [0.2, 0.25) is 0 Å². The minimum atomic E-state index is 0.0840. The molecule has 0 aliphatic heterocycles. The van der Waals surface area contributed by atoms with E-state index in [1.165, 1.54) is 11.3 Å². The topological polar surface area (TPSA) is 0 Å². The van der Waals surface area contributed by atoms with Crippen LogP contribution in [0.3, 0.4) is 0 Å². The van der Waals surface area contributed by atoms with Gasteiger partial charge in [0.25, 0.3) is 0 Å². The Morgan fingerprint density at radius 3 is 2.29 bits per heavy atom. The molecule has 0 aliphatic rings. The van der Waals surface area contributed by atoms with Crippen LogP contribution >= 0.6 is 0 Å². The molecule has 0 spiro atoms. The number of hydrogen-bond acceptors (Lipinski definition) is 0. The first kappa shape index (κ1) is 7.65. The third-order valence-electron chi connectivity index (χ3n) is 0.604. The van der Waals surface area contributed by atoms with E-state index in [1.807, 2.05) is 0 Å². The van der Waals surface area contributed by atoms with Crippen molar-refractivity contribution < 1.29 is 0 Å². The molecule has 0 amide bonds. The fourth-order valence-electron chi connectivity index (χ4n) is 0.312. The van der Waals surface area contributed by atoms with Gasteiger partial charge in [-0.3, -0.25) is 0 Å². The van der Waals surface area contributed by atoms with E-state index in [-0.39, 0.29) is 8.80 Å². The smallest absolute Gasteiger partial charge is 0.0380 e. The predicted octanol–water partition coefficient (Wildman–Crippen LogP) is 0.947. The number of rotatable bonds is 3. The molecule has 0 aromatic heterocycles. The Labute approximate surface area is 53.6 Å². The summed E-state index contributed by atoms with van der Waals surface area (Å²) in [5.41, 5.74) is 2.68. The van der Waals surface area contributed by atoms with Gasteiger partial charge in [-0.25, -0.2) is 0 Å². The van der Waals surface area contributed by atoms with Crippen LogP contribution in [0, 0.1) is 0 Å². The SMILES string of the molecule is C[Si](C)C[Si]C[Si]. The predicted molar refractivity (Wildman–Crippen MR) is 38.6 cm³/mol. The van der Waals surface area contributed by atoms with Crippen LogP contribution in [0.25, 0.3) is 0 Å². The molecule has 38 valence electrons. The van der Waals surface area contributed by atoms with Crippen molar-refractivity contribution in [2.75, 3.05) is 0 Å². The first-order valence-electron chi connectivity index (χ1n) is 2.41. The summed E-state index contributed by atoms with van der Waals surface area (Å²) >= 11 is 0. The van der Waals surface area contributed by atoms with Crippen LogP contribution < -0.4 is 0 Å². The average Bonchev–Trinajstić information content (AvgIpc) is 1.61. The highest BCUT2D eigenvalue weighted by Gasteiger charge is 1.92.